The minimum atomic E-state index is -0.304. The van der Waals surface area contributed by atoms with Crippen LogP contribution in [-0.4, -0.2) is 9.97 Å². The molecule has 158 valence electrons. The van der Waals surface area contributed by atoms with Crippen LogP contribution in [0.25, 0.3) is 44.3 Å². The lowest BCUT2D eigenvalue weighted by atomic mass is 9.82. The Hall–Kier alpha value is -3.52. The van der Waals surface area contributed by atoms with Gasteiger partial charge in [0, 0.05) is 11.1 Å². The van der Waals surface area contributed by atoms with Crippen LogP contribution in [0, 0.1) is 13.8 Å². The zero-order valence-electron chi connectivity index (χ0n) is 23.1. The van der Waals surface area contributed by atoms with Gasteiger partial charge in [-0.2, -0.15) is 0 Å². The molecule has 1 heterocycles. The topological polar surface area (TPSA) is 25.8 Å². The molecule has 5 rings (SSSR count). The summed E-state index contributed by atoms with van der Waals surface area (Å²) in [6.45, 7) is 10.6. The molecule has 0 bridgehead atoms. The highest BCUT2D eigenvalue weighted by Crippen LogP contribution is 2.39. The molecular weight excluding hydrogens is 388 g/mol. The minimum Gasteiger partial charge on any atom is -0.244 e. The number of rotatable bonds is 2. The fourth-order valence-electron chi connectivity index (χ4n) is 4.42. The van der Waals surface area contributed by atoms with Crippen molar-refractivity contribution >= 4 is 21.8 Å². The molecule has 2 nitrogen and oxygen atoms in total. The second kappa shape index (κ2) is 7.56. The SMILES string of the molecule is [2H]c1c([2H])c([2H])c2nc(-c3c(C)cccc3C)c(-c3cc(C(C)(C)C)c4ccccc4c3)nc2c1[2H]. The normalized spacial score (nSPS) is 13.7. The maximum atomic E-state index is 8.52. The highest BCUT2D eigenvalue weighted by molar-refractivity contribution is 5.94. The molecule has 0 atom stereocenters. The molecule has 32 heavy (non-hydrogen) atoms. The van der Waals surface area contributed by atoms with Gasteiger partial charge in [0.15, 0.2) is 0 Å². The largest absolute Gasteiger partial charge is 0.244 e. The van der Waals surface area contributed by atoms with Crippen molar-refractivity contribution in [3.8, 4) is 22.5 Å². The Morgan fingerprint density at radius 2 is 1.38 bits per heavy atom. The van der Waals surface area contributed by atoms with Crippen molar-refractivity contribution in [1.82, 2.24) is 9.97 Å². The van der Waals surface area contributed by atoms with Crippen LogP contribution in [0.3, 0.4) is 0 Å². The average molecular weight is 421 g/mol. The van der Waals surface area contributed by atoms with Crippen LogP contribution in [0.1, 0.15) is 42.9 Å². The van der Waals surface area contributed by atoms with Crippen LogP contribution in [0.2, 0.25) is 0 Å². The number of hydrogen-bond donors (Lipinski definition) is 0. The average Bonchev–Trinajstić information content (AvgIpc) is 2.84. The molecule has 0 fully saturated rings. The van der Waals surface area contributed by atoms with E-state index >= 15 is 0 Å². The minimum absolute atomic E-state index is 0.123. The summed E-state index contributed by atoms with van der Waals surface area (Å²) in [5.74, 6) is 0. The van der Waals surface area contributed by atoms with Gasteiger partial charge in [-0.15, -0.1) is 0 Å². The number of para-hydroxylation sites is 2. The van der Waals surface area contributed by atoms with Gasteiger partial charge in [-0.05, 0) is 70.9 Å². The monoisotopic (exact) mass is 420 g/mol. The Kier molecular flexibility index (Phi) is 3.82. The Morgan fingerprint density at radius 3 is 2.03 bits per heavy atom. The summed E-state index contributed by atoms with van der Waals surface area (Å²) < 4.78 is 33.4. The van der Waals surface area contributed by atoms with Crippen LogP contribution >= 0.6 is 0 Å². The van der Waals surface area contributed by atoms with Gasteiger partial charge in [0.2, 0.25) is 0 Å². The first-order valence-electron chi connectivity index (χ1n) is 12.9. The number of benzene rings is 4. The lowest BCUT2D eigenvalue weighted by Gasteiger charge is -2.23. The van der Waals surface area contributed by atoms with E-state index in [-0.39, 0.29) is 40.6 Å². The second-order valence-electron chi connectivity index (χ2n) is 9.38. The van der Waals surface area contributed by atoms with E-state index < -0.39 is 0 Å². The molecule has 0 N–H and O–H groups in total. The molecule has 0 saturated carbocycles. The predicted octanol–water partition coefficient (Wildman–Crippen LogP) is 8.03. The van der Waals surface area contributed by atoms with E-state index in [1.807, 2.05) is 44.2 Å². The second-order valence-corrected chi connectivity index (χ2v) is 9.38. The zero-order chi connectivity index (χ0) is 25.9. The maximum absolute atomic E-state index is 8.52. The third kappa shape index (κ3) is 3.46. The highest BCUT2D eigenvalue weighted by Gasteiger charge is 2.21. The van der Waals surface area contributed by atoms with E-state index in [4.69, 9.17) is 15.5 Å². The van der Waals surface area contributed by atoms with E-state index in [1.54, 1.807) is 0 Å². The first-order valence-corrected chi connectivity index (χ1v) is 10.9. The van der Waals surface area contributed by atoms with Crippen LogP contribution in [0.15, 0.2) is 78.8 Å². The number of aromatic nitrogens is 2. The van der Waals surface area contributed by atoms with Gasteiger partial charge in [-0.1, -0.05) is 75.3 Å². The molecule has 1 aromatic heterocycles. The van der Waals surface area contributed by atoms with Gasteiger partial charge in [0.1, 0.15) is 0 Å². The third-order valence-corrected chi connectivity index (χ3v) is 5.98. The van der Waals surface area contributed by atoms with Crippen LogP contribution in [0.4, 0.5) is 0 Å². The number of fused-ring (bicyclic) bond motifs is 2. The summed E-state index contributed by atoms with van der Waals surface area (Å²) >= 11 is 0. The molecule has 5 aromatic rings. The molecule has 4 aromatic carbocycles. The molecule has 0 aliphatic rings. The molecular formula is C30H28N2. The molecule has 0 aliphatic carbocycles. The standard InChI is InChI=1S/C30H28N2/c1-19-11-10-12-20(2)27(19)29-28(31-25-15-8-9-16-26(25)32-29)22-17-21-13-6-7-14-23(21)24(18-22)30(3,4)5/h6-18H,1-5H3/i8D,9D,15D,16D. The molecule has 0 amide bonds. The summed E-state index contributed by atoms with van der Waals surface area (Å²) in [7, 11) is 0. The Balaban J connectivity index is 1.97. The molecule has 0 saturated heterocycles. The first kappa shape index (κ1) is 16.2. The van der Waals surface area contributed by atoms with E-state index in [9.17, 15) is 0 Å². The molecule has 2 heteroatoms. The summed E-state index contributed by atoms with van der Waals surface area (Å²) in [5, 5.41) is 2.27. The quantitative estimate of drug-likeness (QED) is 0.289. The summed E-state index contributed by atoms with van der Waals surface area (Å²) in [5.41, 5.74) is 6.51. The molecule has 0 aliphatic heterocycles. The number of nitrogens with zero attached hydrogens (tertiary/aromatic N) is 2. The van der Waals surface area contributed by atoms with Gasteiger partial charge in [0.05, 0.1) is 27.9 Å². The van der Waals surface area contributed by atoms with Crippen molar-refractivity contribution in [2.24, 2.45) is 0 Å². The van der Waals surface area contributed by atoms with Crippen LogP contribution in [0.5, 0.6) is 0 Å². The zero-order valence-corrected chi connectivity index (χ0v) is 19.1. The number of aryl methyl sites for hydroxylation is 2. The molecule has 0 spiro atoms. The Morgan fingerprint density at radius 1 is 0.750 bits per heavy atom. The fourth-order valence-corrected chi connectivity index (χ4v) is 4.42. The van der Waals surface area contributed by atoms with Gasteiger partial charge in [-0.3, -0.25) is 0 Å². The van der Waals surface area contributed by atoms with Gasteiger partial charge < -0.3 is 0 Å². The maximum Gasteiger partial charge on any atom is 0.0978 e. The fraction of sp³-hybridized carbons (Fsp3) is 0.200. The summed E-state index contributed by atoms with van der Waals surface area (Å²) in [6.07, 6.45) is 0. The van der Waals surface area contributed by atoms with E-state index in [0.29, 0.717) is 11.4 Å². The highest BCUT2D eigenvalue weighted by atomic mass is 14.8. The lowest BCUT2D eigenvalue weighted by Crippen LogP contribution is -2.12. The first-order chi connectivity index (χ1) is 17.0. The van der Waals surface area contributed by atoms with Crippen molar-refractivity contribution in [2.75, 3.05) is 0 Å². The van der Waals surface area contributed by atoms with Crippen molar-refractivity contribution in [3.63, 3.8) is 0 Å². The van der Waals surface area contributed by atoms with Gasteiger partial charge in [0.25, 0.3) is 0 Å². The van der Waals surface area contributed by atoms with Crippen LogP contribution in [-0.2, 0) is 5.41 Å². The third-order valence-electron chi connectivity index (χ3n) is 5.98. The van der Waals surface area contributed by atoms with Crippen LogP contribution < -0.4 is 0 Å². The summed E-state index contributed by atoms with van der Waals surface area (Å²) in [4.78, 5) is 9.83. The van der Waals surface area contributed by atoms with Crippen molar-refractivity contribution in [3.05, 3.63) is 95.5 Å². The predicted molar refractivity (Wildman–Crippen MR) is 136 cm³/mol. The Bertz CT molecular complexity index is 1660. The van der Waals surface area contributed by atoms with Crippen molar-refractivity contribution in [2.45, 2.75) is 40.0 Å². The van der Waals surface area contributed by atoms with E-state index in [2.05, 4.69) is 45.0 Å². The Labute approximate surface area is 195 Å². The summed E-state index contributed by atoms with van der Waals surface area (Å²) in [6, 6.07) is 17.6. The van der Waals surface area contributed by atoms with Crippen molar-refractivity contribution in [1.29, 1.82) is 0 Å². The number of hydrogen-bond acceptors (Lipinski definition) is 2. The lowest BCUT2D eigenvalue weighted by molar-refractivity contribution is 0.596. The van der Waals surface area contributed by atoms with E-state index in [0.717, 1.165) is 27.6 Å². The smallest absolute Gasteiger partial charge is 0.0978 e. The molecule has 0 unspecified atom stereocenters. The van der Waals surface area contributed by atoms with Gasteiger partial charge in [-0.25, -0.2) is 9.97 Å². The molecule has 0 radical (unpaired) electrons. The van der Waals surface area contributed by atoms with E-state index in [1.165, 1.54) is 10.9 Å². The van der Waals surface area contributed by atoms with Crippen molar-refractivity contribution < 1.29 is 5.48 Å². The van der Waals surface area contributed by atoms with Gasteiger partial charge >= 0.3 is 0 Å².